The molecule has 0 amide bonds. The largest absolute Gasteiger partial charge is 0.295 e. The molecule has 19 heavy (non-hydrogen) atoms. The molecule has 4 nitrogen and oxygen atoms in total. The lowest BCUT2D eigenvalue weighted by Gasteiger charge is -2.07. The highest BCUT2D eigenvalue weighted by Gasteiger charge is 2.17. The quantitative estimate of drug-likeness (QED) is 0.879. The maximum atomic E-state index is 12.1. The van der Waals surface area contributed by atoms with Crippen LogP contribution in [0.4, 0.5) is 5.69 Å². The minimum atomic E-state index is -3.66. The fraction of sp³-hybridized carbons (Fsp3) is 0.0833. The summed E-state index contributed by atoms with van der Waals surface area (Å²) in [6.07, 6.45) is 0. The lowest BCUT2D eigenvalue weighted by Crippen LogP contribution is -2.11. The first-order valence-electron chi connectivity index (χ1n) is 5.27. The number of carbonyl (C=O) groups is 1. The minimum Gasteiger partial charge on any atom is -0.295 e. The van der Waals surface area contributed by atoms with E-state index in [4.69, 9.17) is 11.6 Å². The van der Waals surface area contributed by atoms with Crippen LogP contribution >= 0.6 is 22.9 Å². The van der Waals surface area contributed by atoms with E-state index >= 15 is 0 Å². The maximum Gasteiger partial charge on any atom is 0.271 e. The second-order valence-corrected chi connectivity index (χ2v) is 7.43. The predicted molar refractivity (Wildman–Crippen MR) is 76.6 cm³/mol. The smallest absolute Gasteiger partial charge is 0.271 e. The van der Waals surface area contributed by atoms with Crippen LogP contribution in [0.5, 0.6) is 0 Å². The predicted octanol–water partition coefficient (Wildman–Crippen LogP) is 3.40. The summed E-state index contributed by atoms with van der Waals surface area (Å²) < 4.78 is 27.0. The number of hydrogen-bond acceptors (Lipinski definition) is 4. The van der Waals surface area contributed by atoms with E-state index in [0.717, 1.165) is 11.3 Å². The van der Waals surface area contributed by atoms with Crippen molar-refractivity contribution in [2.45, 2.75) is 11.1 Å². The van der Waals surface area contributed by atoms with Gasteiger partial charge in [-0.05, 0) is 31.2 Å². The molecule has 1 aromatic heterocycles. The second kappa shape index (κ2) is 5.32. The molecule has 0 saturated carbocycles. The Morgan fingerprint density at radius 2 is 2.00 bits per heavy atom. The summed E-state index contributed by atoms with van der Waals surface area (Å²) in [6, 6.07) is 9.28. The van der Waals surface area contributed by atoms with Crippen LogP contribution in [0.3, 0.4) is 0 Å². The summed E-state index contributed by atoms with van der Waals surface area (Å²) in [6.45, 7) is 1.42. The van der Waals surface area contributed by atoms with E-state index in [1.807, 2.05) is 0 Å². The molecule has 0 spiro atoms. The summed E-state index contributed by atoms with van der Waals surface area (Å²) in [4.78, 5) is 11.2. The molecule has 0 atom stereocenters. The van der Waals surface area contributed by atoms with Crippen molar-refractivity contribution in [2.24, 2.45) is 0 Å². The van der Waals surface area contributed by atoms with Crippen LogP contribution in [-0.2, 0) is 10.0 Å². The van der Waals surface area contributed by atoms with Crippen molar-refractivity contribution in [1.29, 1.82) is 0 Å². The first-order valence-corrected chi connectivity index (χ1v) is 7.95. The number of anilines is 1. The number of rotatable bonds is 4. The molecular formula is C12H10ClNO3S2. The van der Waals surface area contributed by atoms with Crippen molar-refractivity contribution in [1.82, 2.24) is 0 Å². The second-order valence-electron chi connectivity index (χ2n) is 3.80. The van der Waals surface area contributed by atoms with Gasteiger partial charge in [0.1, 0.15) is 4.21 Å². The summed E-state index contributed by atoms with van der Waals surface area (Å²) in [5.41, 5.74) is 0.793. The molecule has 0 unspecified atom stereocenters. The van der Waals surface area contributed by atoms with E-state index in [1.165, 1.54) is 25.1 Å². The van der Waals surface area contributed by atoms with Crippen molar-refractivity contribution in [3.8, 4) is 0 Å². The molecular weight excluding hydrogens is 306 g/mol. The van der Waals surface area contributed by atoms with Crippen LogP contribution in [0.2, 0.25) is 4.34 Å². The van der Waals surface area contributed by atoms with Gasteiger partial charge in [0.05, 0.1) is 4.34 Å². The lowest BCUT2D eigenvalue weighted by atomic mass is 10.1. The van der Waals surface area contributed by atoms with Crippen LogP contribution < -0.4 is 4.72 Å². The number of ketones is 1. The number of Topliss-reactive ketones (excluding diaryl/α,β-unsaturated/α-hetero) is 1. The zero-order valence-electron chi connectivity index (χ0n) is 9.88. The van der Waals surface area contributed by atoms with Gasteiger partial charge in [0, 0.05) is 11.3 Å². The average Bonchev–Trinajstić information content (AvgIpc) is 2.76. The summed E-state index contributed by atoms with van der Waals surface area (Å²) in [5.74, 6) is -0.125. The van der Waals surface area contributed by atoms with Crippen LogP contribution in [0, 0.1) is 0 Å². The molecule has 1 heterocycles. The highest BCUT2D eigenvalue weighted by atomic mass is 35.5. The molecule has 1 N–H and O–H groups in total. The zero-order chi connectivity index (χ0) is 14.0. The van der Waals surface area contributed by atoms with Crippen molar-refractivity contribution in [2.75, 3.05) is 4.72 Å². The molecule has 0 aliphatic heterocycles. The number of sulfonamides is 1. The van der Waals surface area contributed by atoms with Crippen molar-refractivity contribution >= 4 is 44.4 Å². The summed E-state index contributed by atoms with van der Waals surface area (Å²) in [5, 5.41) is 0. The van der Waals surface area contributed by atoms with Gasteiger partial charge in [0.2, 0.25) is 0 Å². The Morgan fingerprint density at radius 3 is 2.58 bits per heavy atom. The maximum absolute atomic E-state index is 12.1. The first kappa shape index (κ1) is 14.0. The number of thiophene rings is 1. The normalized spacial score (nSPS) is 11.3. The molecule has 0 radical (unpaired) electrons. The molecule has 7 heteroatoms. The van der Waals surface area contributed by atoms with Crippen LogP contribution in [0.25, 0.3) is 0 Å². The topological polar surface area (TPSA) is 63.2 Å². The van der Waals surface area contributed by atoms with Gasteiger partial charge in [-0.2, -0.15) is 0 Å². The molecule has 0 aliphatic carbocycles. The van der Waals surface area contributed by atoms with Gasteiger partial charge in [-0.25, -0.2) is 8.42 Å². The van der Waals surface area contributed by atoms with E-state index in [1.54, 1.807) is 18.2 Å². The lowest BCUT2D eigenvalue weighted by molar-refractivity contribution is 0.101. The first-order chi connectivity index (χ1) is 8.88. The molecule has 0 saturated heterocycles. The van der Waals surface area contributed by atoms with Gasteiger partial charge >= 0.3 is 0 Å². The van der Waals surface area contributed by atoms with Gasteiger partial charge in [-0.3, -0.25) is 9.52 Å². The van der Waals surface area contributed by atoms with E-state index in [9.17, 15) is 13.2 Å². The molecule has 0 aliphatic rings. The van der Waals surface area contributed by atoms with E-state index in [2.05, 4.69) is 4.72 Å². The molecule has 100 valence electrons. The summed E-state index contributed by atoms with van der Waals surface area (Å²) in [7, 11) is -3.66. The third-order valence-corrected chi connectivity index (χ3v) is 5.44. The van der Waals surface area contributed by atoms with Gasteiger partial charge < -0.3 is 0 Å². The van der Waals surface area contributed by atoms with E-state index in [-0.39, 0.29) is 9.99 Å². The van der Waals surface area contributed by atoms with Gasteiger partial charge in [0.25, 0.3) is 10.0 Å². The molecule has 1 aromatic carbocycles. The van der Waals surface area contributed by atoms with Gasteiger partial charge in [-0.1, -0.05) is 23.7 Å². The Kier molecular flexibility index (Phi) is 3.93. The minimum absolute atomic E-state index is 0.125. The zero-order valence-corrected chi connectivity index (χ0v) is 12.3. The van der Waals surface area contributed by atoms with Crippen LogP contribution in [-0.4, -0.2) is 14.2 Å². The van der Waals surface area contributed by atoms with Gasteiger partial charge in [-0.15, -0.1) is 11.3 Å². The third-order valence-electron chi connectivity index (χ3n) is 2.33. The van der Waals surface area contributed by atoms with Crippen molar-refractivity contribution in [3.05, 3.63) is 46.3 Å². The SMILES string of the molecule is CC(=O)c1cccc(NS(=O)(=O)c2ccc(Cl)s2)c1. The number of nitrogens with one attached hydrogen (secondary N) is 1. The standard InChI is InChI=1S/C12H10ClNO3S2/c1-8(15)9-3-2-4-10(7-9)14-19(16,17)12-6-5-11(13)18-12/h2-7,14H,1H3. The van der Waals surface area contributed by atoms with Crippen LogP contribution in [0.1, 0.15) is 17.3 Å². The fourth-order valence-corrected chi connectivity index (χ4v) is 3.98. The van der Waals surface area contributed by atoms with Crippen molar-refractivity contribution < 1.29 is 13.2 Å². The molecule has 0 bridgehead atoms. The molecule has 0 fully saturated rings. The fourth-order valence-electron chi connectivity index (χ4n) is 1.45. The molecule has 2 aromatic rings. The Bertz CT molecular complexity index is 722. The highest BCUT2D eigenvalue weighted by molar-refractivity contribution is 7.94. The number of hydrogen-bond donors (Lipinski definition) is 1. The number of halogens is 1. The van der Waals surface area contributed by atoms with E-state index in [0.29, 0.717) is 15.6 Å². The summed E-state index contributed by atoms with van der Waals surface area (Å²) >= 11 is 6.69. The highest BCUT2D eigenvalue weighted by Crippen LogP contribution is 2.27. The van der Waals surface area contributed by atoms with Crippen molar-refractivity contribution in [3.63, 3.8) is 0 Å². The Morgan fingerprint density at radius 1 is 1.26 bits per heavy atom. The monoisotopic (exact) mass is 315 g/mol. The van der Waals surface area contributed by atoms with Crippen LogP contribution in [0.15, 0.2) is 40.6 Å². The Hall–Kier alpha value is -1.37. The average molecular weight is 316 g/mol. The van der Waals surface area contributed by atoms with Gasteiger partial charge in [0.15, 0.2) is 5.78 Å². The number of carbonyl (C=O) groups excluding carboxylic acids is 1. The Balaban J connectivity index is 2.30. The third kappa shape index (κ3) is 3.34. The number of benzene rings is 1. The molecule has 2 rings (SSSR count). The van der Waals surface area contributed by atoms with E-state index < -0.39 is 10.0 Å². The Labute approximate surface area is 120 Å².